The molecule has 0 radical (unpaired) electrons. The minimum Gasteiger partial charge on any atom is -0.384 e. The second-order valence-electron chi connectivity index (χ2n) is 5.14. The molecule has 1 amide bonds. The number of anilines is 1. The summed E-state index contributed by atoms with van der Waals surface area (Å²) in [5.41, 5.74) is 0.937. The van der Waals surface area contributed by atoms with Crippen LogP contribution in [0.25, 0.3) is 10.1 Å². The minimum absolute atomic E-state index is 0.180. The number of hydrogen-bond donors (Lipinski definition) is 2. The Kier molecular flexibility index (Phi) is 5.27. The lowest BCUT2D eigenvalue weighted by Crippen LogP contribution is -2.25. The summed E-state index contributed by atoms with van der Waals surface area (Å²) < 4.78 is 14.5. The van der Waals surface area contributed by atoms with Gasteiger partial charge in [0.25, 0.3) is 5.91 Å². The van der Waals surface area contributed by atoms with Crippen molar-refractivity contribution in [3.63, 3.8) is 0 Å². The van der Waals surface area contributed by atoms with Gasteiger partial charge < -0.3 is 10.6 Å². The lowest BCUT2D eigenvalue weighted by molar-refractivity contribution is 0.0958. The largest absolute Gasteiger partial charge is 0.384 e. The summed E-state index contributed by atoms with van der Waals surface area (Å²) >= 11 is 7.37. The quantitative estimate of drug-likeness (QED) is 0.641. The first-order chi connectivity index (χ1) is 11.7. The molecule has 3 aromatic rings. The lowest BCUT2D eigenvalue weighted by Gasteiger charge is -2.06. The Morgan fingerprint density at radius 2 is 2.12 bits per heavy atom. The van der Waals surface area contributed by atoms with Crippen LogP contribution in [0, 0.1) is 5.82 Å². The van der Waals surface area contributed by atoms with Crippen LogP contribution in [0.5, 0.6) is 0 Å². The zero-order valence-corrected chi connectivity index (χ0v) is 14.3. The van der Waals surface area contributed by atoms with Crippen molar-refractivity contribution in [3.05, 3.63) is 58.4 Å². The van der Waals surface area contributed by atoms with Crippen molar-refractivity contribution >= 4 is 44.6 Å². The van der Waals surface area contributed by atoms with Crippen molar-refractivity contribution < 1.29 is 9.18 Å². The first-order valence-electron chi connectivity index (χ1n) is 7.45. The third kappa shape index (κ3) is 3.66. The fourth-order valence-corrected chi connectivity index (χ4v) is 3.76. The lowest BCUT2D eigenvalue weighted by atomic mass is 10.2. The first kappa shape index (κ1) is 16.7. The minimum atomic E-state index is -0.409. The van der Waals surface area contributed by atoms with Gasteiger partial charge in [0.2, 0.25) is 0 Å². The molecule has 0 aliphatic rings. The molecule has 1 aromatic carbocycles. The van der Waals surface area contributed by atoms with E-state index >= 15 is 0 Å². The van der Waals surface area contributed by atoms with E-state index in [0.29, 0.717) is 28.1 Å². The Morgan fingerprint density at radius 3 is 2.88 bits per heavy atom. The third-order valence-corrected chi connectivity index (χ3v) is 5.09. The van der Waals surface area contributed by atoms with Gasteiger partial charge in [-0.2, -0.15) is 0 Å². The molecular weight excluding hydrogens is 349 g/mol. The highest BCUT2D eigenvalue weighted by molar-refractivity contribution is 7.21. The van der Waals surface area contributed by atoms with Gasteiger partial charge in [-0.15, -0.1) is 11.3 Å². The van der Waals surface area contributed by atoms with Gasteiger partial charge in [-0.05, 0) is 30.7 Å². The molecule has 0 aliphatic heterocycles. The molecule has 2 aromatic heterocycles. The van der Waals surface area contributed by atoms with Crippen LogP contribution < -0.4 is 10.6 Å². The summed E-state index contributed by atoms with van der Waals surface area (Å²) in [5.74, 6) is -0.685. The summed E-state index contributed by atoms with van der Waals surface area (Å²) in [6.07, 6.45) is 4.20. The number of nitrogens with one attached hydrogen (secondary N) is 2. The molecule has 0 aliphatic carbocycles. The van der Waals surface area contributed by atoms with E-state index in [1.165, 1.54) is 17.4 Å². The van der Waals surface area contributed by atoms with Crippen LogP contribution in [-0.4, -0.2) is 24.0 Å². The van der Waals surface area contributed by atoms with Crippen LogP contribution in [0.1, 0.15) is 16.1 Å². The Labute approximate surface area is 147 Å². The van der Waals surface area contributed by atoms with Crippen molar-refractivity contribution in [2.24, 2.45) is 0 Å². The first-order valence-corrected chi connectivity index (χ1v) is 8.65. The molecule has 0 unspecified atom stereocenters. The second-order valence-corrected chi connectivity index (χ2v) is 6.57. The number of rotatable bonds is 6. The predicted octanol–water partition coefficient (Wildman–Crippen LogP) is 4.32. The van der Waals surface area contributed by atoms with Crippen LogP contribution in [0.3, 0.4) is 0 Å². The smallest absolute Gasteiger partial charge is 0.262 e. The summed E-state index contributed by atoms with van der Waals surface area (Å²) in [7, 11) is 0. The fourth-order valence-electron chi connectivity index (χ4n) is 2.29. The zero-order valence-electron chi connectivity index (χ0n) is 12.7. The van der Waals surface area contributed by atoms with Gasteiger partial charge in [0, 0.05) is 35.6 Å². The molecule has 0 spiro atoms. The van der Waals surface area contributed by atoms with E-state index in [-0.39, 0.29) is 10.9 Å². The number of halogens is 2. The number of aromatic nitrogens is 1. The SMILES string of the molecule is O=C(NCCCNc1cccnc1)c1sc2cccc(F)c2c1Cl. The Hall–Kier alpha value is -2.18. The van der Waals surface area contributed by atoms with Gasteiger partial charge in [-0.1, -0.05) is 17.7 Å². The highest BCUT2D eigenvalue weighted by atomic mass is 35.5. The van der Waals surface area contributed by atoms with E-state index in [9.17, 15) is 9.18 Å². The number of benzene rings is 1. The summed E-state index contributed by atoms with van der Waals surface area (Å²) in [6, 6.07) is 8.48. The van der Waals surface area contributed by atoms with Gasteiger partial charge in [0.05, 0.1) is 10.7 Å². The van der Waals surface area contributed by atoms with Crippen LogP contribution in [0.15, 0.2) is 42.7 Å². The van der Waals surface area contributed by atoms with E-state index in [4.69, 9.17) is 11.6 Å². The maximum Gasteiger partial charge on any atom is 0.262 e. The second kappa shape index (κ2) is 7.59. The molecule has 124 valence electrons. The zero-order chi connectivity index (χ0) is 16.9. The number of nitrogens with zero attached hydrogens (tertiary/aromatic N) is 1. The van der Waals surface area contributed by atoms with Crippen LogP contribution in [-0.2, 0) is 0 Å². The van der Waals surface area contributed by atoms with E-state index in [0.717, 1.165) is 12.1 Å². The Balaban J connectivity index is 1.54. The average molecular weight is 364 g/mol. The van der Waals surface area contributed by atoms with E-state index in [2.05, 4.69) is 15.6 Å². The number of carbonyl (C=O) groups is 1. The van der Waals surface area contributed by atoms with E-state index in [1.807, 2.05) is 12.1 Å². The maximum atomic E-state index is 13.8. The van der Waals surface area contributed by atoms with Crippen molar-refractivity contribution in [3.8, 4) is 0 Å². The highest BCUT2D eigenvalue weighted by Gasteiger charge is 2.18. The van der Waals surface area contributed by atoms with Crippen molar-refractivity contribution in [2.75, 3.05) is 18.4 Å². The molecule has 7 heteroatoms. The molecule has 4 nitrogen and oxygen atoms in total. The molecule has 0 atom stereocenters. The molecular formula is C17H15ClFN3OS. The Morgan fingerprint density at radius 1 is 1.25 bits per heavy atom. The normalized spacial score (nSPS) is 10.8. The molecule has 2 N–H and O–H groups in total. The predicted molar refractivity (Wildman–Crippen MR) is 96.5 cm³/mol. The fraction of sp³-hybridized carbons (Fsp3) is 0.176. The number of pyridine rings is 1. The van der Waals surface area contributed by atoms with Gasteiger partial charge in [-0.3, -0.25) is 9.78 Å². The molecule has 0 fully saturated rings. The Bertz CT molecular complexity index is 854. The van der Waals surface area contributed by atoms with Gasteiger partial charge >= 0.3 is 0 Å². The topological polar surface area (TPSA) is 54.0 Å². The van der Waals surface area contributed by atoms with Crippen molar-refractivity contribution in [1.82, 2.24) is 10.3 Å². The number of carbonyl (C=O) groups excluding carboxylic acids is 1. The number of hydrogen-bond acceptors (Lipinski definition) is 4. The highest BCUT2D eigenvalue weighted by Crippen LogP contribution is 2.36. The molecule has 2 heterocycles. The number of amides is 1. The molecule has 0 saturated heterocycles. The van der Waals surface area contributed by atoms with E-state index < -0.39 is 5.82 Å². The average Bonchev–Trinajstić information content (AvgIpc) is 2.93. The van der Waals surface area contributed by atoms with Gasteiger partial charge in [0.1, 0.15) is 10.7 Å². The standard InChI is InChI=1S/C17H15ClFN3OS/c18-15-14-12(19)5-1-6-13(14)24-16(15)17(23)22-9-3-8-21-11-4-2-7-20-10-11/h1-2,4-7,10,21H,3,8-9H2,(H,22,23). The monoisotopic (exact) mass is 363 g/mol. The molecule has 0 saturated carbocycles. The van der Waals surface area contributed by atoms with Crippen LogP contribution in [0.2, 0.25) is 5.02 Å². The third-order valence-electron chi connectivity index (χ3n) is 3.44. The van der Waals surface area contributed by atoms with Crippen molar-refractivity contribution in [1.29, 1.82) is 0 Å². The molecule has 0 bridgehead atoms. The van der Waals surface area contributed by atoms with Crippen LogP contribution >= 0.6 is 22.9 Å². The number of thiophene rings is 1. The molecule has 3 rings (SSSR count). The van der Waals surface area contributed by atoms with E-state index in [1.54, 1.807) is 24.5 Å². The van der Waals surface area contributed by atoms with Gasteiger partial charge in [-0.25, -0.2) is 4.39 Å². The maximum absolute atomic E-state index is 13.8. The van der Waals surface area contributed by atoms with Gasteiger partial charge in [0.15, 0.2) is 0 Å². The number of fused-ring (bicyclic) bond motifs is 1. The van der Waals surface area contributed by atoms with Crippen LogP contribution in [0.4, 0.5) is 10.1 Å². The van der Waals surface area contributed by atoms with Crippen molar-refractivity contribution in [2.45, 2.75) is 6.42 Å². The summed E-state index contributed by atoms with van der Waals surface area (Å²) in [6.45, 7) is 1.21. The molecule has 24 heavy (non-hydrogen) atoms. The summed E-state index contributed by atoms with van der Waals surface area (Å²) in [4.78, 5) is 16.6. The summed E-state index contributed by atoms with van der Waals surface area (Å²) in [5, 5.41) is 6.52.